The Balaban J connectivity index is 0.00000147. The largest absolute Gasteiger partial charge is 0.274 e. The molecule has 0 saturated heterocycles. The third-order valence-corrected chi connectivity index (χ3v) is 3.20. The van der Waals surface area contributed by atoms with Crippen LogP contribution >= 0.6 is 12.4 Å². The lowest BCUT2D eigenvalue weighted by molar-refractivity contribution is 0.0656. The fourth-order valence-electron chi connectivity index (χ4n) is 2.21. The molecule has 0 radical (unpaired) electrons. The summed E-state index contributed by atoms with van der Waals surface area (Å²) < 4.78 is 0. The summed E-state index contributed by atoms with van der Waals surface area (Å²) >= 11 is 0. The molecule has 0 aliphatic carbocycles. The van der Waals surface area contributed by atoms with E-state index < -0.39 is 0 Å². The van der Waals surface area contributed by atoms with E-state index >= 15 is 0 Å². The summed E-state index contributed by atoms with van der Waals surface area (Å²) in [6.45, 7) is 0.364. The van der Waals surface area contributed by atoms with Crippen molar-refractivity contribution in [3.8, 4) is 0 Å². The Hall–Kier alpha value is -2.20. The molecule has 1 aliphatic heterocycles. The van der Waals surface area contributed by atoms with Crippen LogP contribution in [0.1, 0.15) is 26.4 Å². The molecular weight excluding hydrogens is 276 g/mol. The molecule has 0 N–H and O–H groups in total. The molecule has 5 heteroatoms. The topological polar surface area (TPSA) is 50.3 Å². The molecule has 2 amide bonds. The van der Waals surface area contributed by atoms with Gasteiger partial charge < -0.3 is 0 Å². The van der Waals surface area contributed by atoms with Crippen molar-refractivity contribution >= 4 is 24.2 Å². The first-order valence-corrected chi connectivity index (χ1v) is 6.12. The van der Waals surface area contributed by atoms with Crippen molar-refractivity contribution in [2.24, 2.45) is 0 Å². The van der Waals surface area contributed by atoms with E-state index in [0.29, 0.717) is 24.1 Å². The monoisotopic (exact) mass is 288 g/mol. The van der Waals surface area contributed by atoms with E-state index in [1.807, 2.05) is 18.2 Å². The SMILES string of the molecule is Cl.O=C1c2ccccc2C(=O)N1CCc1ccccn1. The van der Waals surface area contributed by atoms with Gasteiger partial charge in [-0.3, -0.25) is 19.5 Å². The Morgan fingerprint density at radius 2 is 1.50 bits per heavy atom. The smallest absolute Gasteiger partial charge is 0.261 e. The van der Waals surface area contributed by atoms with Crippen LogP contribution in [0.5, 0.6) is 0 Å². The number of aromatic nitrogens is 1. The Bertz CT molecular complexity index is 608. The second-order valence-corrected chi connectivity index (χ2v) is 4.38. The summed E-state index contributed by atoms with van der Waals surface area (Å²) in [6, 6.07) is 12.5. The maximum Gasteiger partial charge on any atom is 0.261 e. The lowest BCUT2D eigenvalue weighted by atomic mass is 10.1. The van der Waals surface area contributed by atoms with Gasteiger partial charge in [-0.2, -0.15) is 0 Å². The van der Waals surface area contributed by atoms with Gasteiger partial charge in [-0.1, -0.05) is 18.2 Å². The number of hydrogen-bond donors (Lipinski definition) is 0. The first-order valence-electron chi connectivity index (χ1n) is 6.12. The van der Waals surface area contributed by atoms with E-state index in [-0.39, 0.29) is 24.2 Å². The van der Waals surface area contributed by atoms with Gasteiger partial charge in [-0.05, 0) is 24.3 Å². The molecule has 0 bridgehead atoms. The van der Waals surface area contributed by atoms with E-state index in [2.05, 4.69) is 4.98 Å². The van der Waals surface area contributed by atoms with E-state index in [9.17, 15) is 9.59 Å². The number of rotatable bonds is 3. The van der Waals surface area contributed by atoms with Crippen LogP contribution in [0.3, 0.4) is 0 Å². The van der Waals surface area contributed by atoms with Crippen molar-refractivity contribution in [3.63, 3.8) is 0 Å². The minimum Gasteiger partial charge on any atom is -0.274 e. The predicted molar refractivity (Wildman–Crippen MR) is 77.0 cm³/mol. The van der Waals surface area contributed by atoms with Crippen LogP contribution in [0.2, 0.25) is 0 Å². The highest BCUT2D eigenvalue weighted by Gasteiger charge is 2.34. The maximum atomic E-state index is 12.1. The Labute approximate surface area is 122 Å². The van der Waals surface area contributed by atoms with Gasteiger partial charge in [0.2, 0.25) is 0 Å². The Morgan fingerprint density at radius 3 is 2.05 bits per heavy atom. The quantitative estimate of drug-likeness (QED) is 0.815. The molecule has 102 valence electrons. The van der Waals surface area contributed by atoms with Crippen molar-refractivity contribution < 1.29 is 9.59 Å². The molecule has 1 aliphatic rings. The molecule has 4 nitrogen and oxygen atoms in total. The van der Waals surface area contributed by atoms with Gasteiger partial charge in [0, 0.05) is 24.9 Å². The summed E-state index contributed by atoms with van der Waals surface area (Å²) in [5, 5.41) is 0. The van der Waals surface area contributed by atoms with E-state index in [0.717, 1.165) is 5.69 Å². The summed E-state index contributed by atoms with van der Waals surface area (Å²) in [6.07, 6.45) is 2.28. The van der Waals surface area contributed by atoms with Crippen molar-refractivity contribution in [1.29, 1.82) is 0 Å². The minimum absolute atomic E-state index is 0. The third-order valence-electron chi connectivity index (χ3n) is 3.20. The molecule has 0 spiro atoms. The molecule has 0 saturated carbocycles. The van der Waals surface area contributed by atoms with Crippen molar-refractivity contribution in [2.45, 2.75) is 6.42 Å². The van der Waals surface area contributed by atoms with Crippen molar-refractivity contribution in [3.05, 3.63) is 65.5 Å². The van der Waals surface area contributed by atoms with E-state index in [1.165, 1.54) is 4.90 Å². The predicted octanol–water partition coefficient (Wildman–Crippen LogP) is 2.34. The number of nitrogens with zero attached hydrogens (tertiary/aromatic N) is 2. The molecule has 3 rings (SSSR count). The molecule has 1 aromatic heterocycles. The first-order chi connectivity index (χ1) is 9.27. The van der Waals surface area contributed by atoms with Gasteiger partial charge in [0.1, 0.15) is 0 Å². The van der Waals surface area contributed by atoms with Crippen LogP contribution in [0, 0.1) is 0 Å². The first kappa shape index (κ1) is 14.2. The fraction of sp³-hybridized carbons (Fsp3) is 0.133. The molecular formula is C15H13ClN2O2. The van der Waals surface area contributed by atoms with Crippen LogP contribution in [-0.4, -0.2) is 28.2 Å². The number of benzene rings is 1. The lowest BCUT2D eigenvalue weighted by Crippen LogP contribution is -2.31. The number of hydrogen-bond acceptors (Lipinski definition) is 3. The number of halogens is 1. The zero-order valence-corrected chi connectivity index (χ0v) is 11.5. The molecule has 1 aromatic carbocycles. The molecule has 0 unspecified atom stereocenters. The summed E-state index contributed by atoms with van der Waals surface area (Å²) in [4.78, 5) is 29.7. The van der Waals surface area contributed by atoms with Crippen LogP contribution in [-0.2, 0) is 6.42 Å². The Kier molecular flexibility index (Phi) is 4.15. The highest BCUT2D eigenvalue weighted by molar-refractivity contribution is 6.21. The molecule has 20 heavy (non-hydrogen) atoms. The number of fused-ring (bicyclic) bond motifs is 1. The maximum absolute atomic E-state index is 12.1. The summed E-state index contributed by atoms with van der Waals surface area (Å²) in [5.74, 6) is -0.423. The standard InChI is InChI=1S/C15H12N2O2.ClH/c18-14-12-6-1-2-7-13(12)15(19)17(14)10-8-11-5-3-4-9-16-11;/h1-7,9H,8,10H2;1H. The lowest BCUT2D eigenvalue weighted by Gasteiger charge is -2.13. The van der Waals surface area contributed by atoms with Gasteiger partial charge in [0.05, 0.1) is 11.1 Å². The molecule has 0 fully saturated rings. The highest BCUT2D eigenvalue weighted by atomic mass is 35.5. The normalized spacial score (nSPS) is 13.1. The average molecular weight is 289 g/mol. The minimum atomic E-state index is -0.212. The van der Waals surface area contributed by atoms with Crippen molar-refractivity contribution in [2.75, 3.05) is 6.54 Å². The third kappa shape index (κ3) is 2.42. The highest BCUT2D eigenvalue weighted by Crippen LogP contribution is 2.22. The van der Waals surface area contributed by atoms with Crippen molar-refractivity contribution in [1.82, 2.24) is 9.88 Å². The second kappa shape index (κ2) is 5.84. The molecule has 2 aromatic rings. The second-order valence-electron chi connectivity index (χ2n) is 4.38. The Morgan fingerprint density at radius 1 is 0.900 bits per heavy atom. The summed E-state index contributed by atoms with van der Waals surface area (Å²) in [7, 11) is 0. The molecule has 0 atom stereocenters. The van der Waals surface area contributed by atoms with E-state index in [1.54, 1.807) is 30.5 Å². The number of carbonyl (C=O) groups excluding carboxylic acids is 2. The van der Waals surface area contributed by atoms with Gasteiger partial charge in [-0.15, -0.1) is 12.4 Å². The number of amides is 2. The average Bonchev–Trinajstić information content (AvgIpc) is 2.71. The van der Waals surface area contributed by atoms with Crippen LogP contribution < -0.4 is 0 Å². The zero-order valence-electron chi connectivity index (χ0n) is 10.7. The zero-order chi connectivity index (χ0) is 13.2. The number of carbonyl (C=O) groups is 2. The molecule has 2 heterocycles. The number of imide groups is 1. The summed E-state index contributed by atoms with van der Waals surface area (Å²) in [5.41, 5.74) is 1.86. The van der Waals surface area contributed by atoms with Crippen LogP contribution in [0.15, 0.2) is 48.7 Å². The fourth-order valence-corrected chi connectivity index (χ4v) is 2.21. The van der Waals surface area contributed by atoms with Crippen LogP contribution in [0.4, 0.5) is 0 Å². The number of pyridine rings is 1. The van der Waals surface area contributed by atoms with Gasteiger partial charge in [-0.25, -0.2) is 0 Å². The van der Waals surface area contributed by atoms with Gasteiger partial charge >= 0.3 is 0 Å². The van der Waals surface area contributed by atoms with Crippen LogP contribution in [0.25, 0.3) is 0 Å². The van der Waals surface area contributed by atoms with Gasteiger partial charge in [0.15, 0.2) is 0 Å². The van der Waals surface area contributed by atoms with Gasteiger partial charge in [0.25, 0.3) is 11.8 Å². The van der Waals surface area contributed by atoms with E-state index in [4.69, 9.17) is 0 Å².